The number of likely N-dealkylation sites (N-methyl/N-ethyl adjacent to an activating group) is 1. The van der Waals surface area contributed by atoms with Crippen LogP contribution in [0, 0.1) is 0 Å². The van der Waals surface area contributed by atoms with Crippen LogP contribution in [-0.2, 0) is 9.53 Å². The highest BCUT2D eigenvalue weighted by Crippen LogP contribution is 2.29. The average Bonchev–Trinajstić information content (AvgIpc) is 2.97. The van der Waals surface area contributed by atoms with Gasteiger partial charge >= 0.3 is 0 Å². The standard InChI is InChI=1S/C14H26N2O2/c1-15-9-3-6-12(15)13-7-4-10-16(13)14(17)8-5-11-18-2/h12-13H,3-11H2,1-2H3/t12-,13+/m0/s1. The SMILES string of the molecule is COCCCC(=O)N1CCC[C@@H]1[C@@H]1CCCN1C. The van der Waals surface area contributed by atoms with Crippen LogP contribution >= 0.6 is 0 Å². The van der Waals surface area contributed by atoms with Gasteiger partial charge in [-0.3, -0.25) is 4.79 Å². The molecule has 2 saturated heterocycles. The summed E-state index contributed by atoms with van der Waals surface area (Å²) in [6.07, 6.45) is 6.38. The quantitative estimate of drug-likeness (QED) is 0.697. The molecule has 0 radical (unpaired) electrons. The Balaban J connectivity index is 1.88. The van der Waals surface area contributed by atoms with Gasteiger partial charge < -0.3 is 14.5 Å². The highest BCUT2D eigenvalue weighted by Gasteiger charge is 2.37. The van der Waals surface area contributed by atoms with Crippen molar-refractivity contribution in [1.82, 2.24) is 9.80 Å². The van der Waals surface area contributed by atoms with Crippen molar-refractivity contribution < 1.29 is 9.53 Å². The Hall–Kier alpha value is -0.610. The van der Waals surface area contributed by atoms with E-state index in [1.54, 1.807) is 7.11 Å². The van der Waals surface area contributed by atoms with E-state index in [2.05, 4.69) is 16.8 Å². The largest absolute Gasteiger partial charge is 0.385 e. The first-order valence-corrected chi connectivity index (χ1v) is 7.22. The molecule has 18 heavy (non-hydrogen) atoms. The van der Waals surface area contributed by atoms with Crippen molar-refractivity contribution in [2.24, 2.45) is 0 Å². The highest BCUT2D eigenvalue weighted by atomic mass is 16.5. The van der Waals surface area contributed by atoms with E-state index in [4.69, 9.17) is 4.74 Å². The molecule has 4 heteroatoms. The second-order valence-electron chi connectivity index (χ2n) is 5.58. The molecule has 0 bridgehead atoms. The lowest BCUT2D eigenvalue weighted by Gasteiger charge is -2.33. The summed E-state index contributed by atoms with van der Waals surface area (Å²) in [7, 11) is 3.89. The smallest absolute Gasteiger partial charge is 0.222 e. The van der Waals surface area contributed by atoms with Crippen LogP contribution in [0.5, 0.6) is 0 Å². The summed E-state index contributed by atoms with van der Waals surface area (Å²) in [5.74, 6) is 0.329. The van der Waals surface area contributed by atoms with Crippen LogP contribution in [0.1, 0.15) is 38.5 Å². The van der Waals surface area contributed by atoms with Crippen molar-refractivity contribution in [3.05, 3.63) is 0 Å². The lowest BCUT2D eigenvalue weighted by Crippen LogP contribution is -2.47. The average molecular weight is 254 g/mol. The van der Waals surface area contributed by atoms with Gasteiger partial charge in [0, 0.05) is 38.8 Å². The molecule has 0 spiro atoms. The van der Waals surface area contributed by atoms with E-state index in [1.165, 1.54) is 32.2 Å². The predicted molar refractivity (Wildman–Crippen MR) is 71.5 cm³/mol. The summed E-state index contributed by atoms with van der Waals surface area (Å²) >= 11 is 0. The number of rotatable bonds is 5. The van der Waals surface area contributed by atoms with Gasteiger partial charge in [-0.1, -0.05) is 0 Å². The van der Waals surface area contributed by atoms with Gasteiger partial charge in [-0.25, -0.2) is 0 Å². The zero-order chi connectivity index (χ0) is 13.0. The molecule has 2 fully saturated rings. The topological polar surface area (TPSA) is 32.8 Å². The summed E-state index contributed by atoms with van der Waals surface area (Å²) in [5.41, 5.74) is 0. The molecule has 2 aliphatic rings. The van der Waals surface area contributed by atoms with Gasteiger partial charge in [0.25, 0.3) is 0 Å². The number of hydrogen-bond acceptors (Lipinski definition) is 3. The minimum Gasteiger partial charge on any atom is -0.385 e. The van der Waals surface area contributed by atoms with Crippen LogP contribution in [0.25, 0.3) is 0 Å². The number of hydrogen-bond donors (Lipinski definition) is 0. The second kappa shape index (κ2) is 6.53. The number of ether oxygens (including phenoxy) is 1. The van der Waals surface area contributed by atoms with Crippen molar-refractivity contribution in [2.75, 3.05) is 33.9 Å². The molecule has 0 N–H and O–H groups in total. The molecule has 0 aromatic rings. The van der Waals surface area contributed by atoms with Crippen molar-refractivity contribution in [3.8, 4) is 0 Å². The Kier molecular flexibility index (Phi) is 5.01. The second-order valence-corrected chi connectivity index (χ2v) is 5.58. The number of methoxy groups -OCH3 is 1. The third kappa shape index (κ3) is 3.04. The zero-order valence-corrected chi connectivity index (χ0v) is 11.7. The van der Waals surface area contributed by atoms with Crippen molar-refractivity contribution in [2.45, 2.75) is 50.6 Å². The van der Waals surface area contributed by atoms with Gasteiger partial charge in [0.15, 0.2) is 0 Å². The maximum Gasteiger partial charge on any atom is 0.222 e. The summed E-state index contributed by atoms with van der Waals surface area (Å²) in [4.78, 5) is 16.8. The van der Waals surface area contributed by atoms with Crippen molar-refractivity contribution in [3.63, 3.8) is 0 Å². The van der Waals surface area contributed by atoms with E-state index in [9.17, 15) is 4.79 Å². The zero-order valence-electron chi connectivity index (χ0n) is 11.7. The molecule has 2 atom stereocenters. The van der Waals surface area contributed by atoms with Crippen LogP contribution in [-0.4, -0.2) is 61.6 Å². The number of amides is 1. The predicted octanol–water partition coefficient (Wildman–Crippen LogP) is 1.50. The maximum atomic E-state index is 12.2. The number of nitrogens with zero attached hydrogens (tertiary/aromatic N) is 2. The first-order valence-electron chi connectivity index (χ1n) is 7.22. The van der Waals surface area contributed by atoms with E-state index < -0.39 is 0 Å². The summed E-state index contributed by atoms with van der Waals surface area (Å²) in [5, 5.41) is 0. The summed E-state index contributed by atoms with van der Waals surface area (Å²) < 4.78 is 5.02. The fourth-order valence-electron chi connectivity index (χ4n) is 3.44. The first kappa shape index (κ1) is 13.8. The van der Waals surface area contributed by atoms with Gasteiger partial charge in [-0.05, 0) is 45.7 Å². The van der Waals surface area contributed by atoms with E-state index in [-0.39, 0.29) is 0 Å². The van der Waals surface area contributed by atoms with Crippen molar-refractivity contribution in [1.29, 1.82) is 0 Å². The van der Waals surface area contributed by atoms with Gasteiger partial charge in [-0.2, -0.15) is 0 Å². The Morgan fingerprint density at radius 1 is 1.22 bits per heavy atom. The fourth-order valence-corrected chi connectivity index (χ4v) is 3.44. The van der Waals surface area contributed by atoms with Crippen LogP contribution in [0.2, 0.25) is 0 Å². The van der Waals surface area contributed by atoms with E-state index in [1.807, 2.05) is 0 Å². The monoisotopic (exact) mass is 254 g/mol. The minimum absolute atomic E-state index is 0.329. The number of carbonyl (C=O) groups is 1. The van der Waals surface area contributed by atoms with Crippen LogP contribution in [0.15, 0.2) is 0 Å². The summed E-state index contributed by atoms with van der Waals surface area (Å²) in [6.45, 7) is 2.83. The third-order valence-corrected chi connectivity index (χ3v) is 4.38. The third-order valence-electron chi connectivity index (χ3n) is 4.38. The van der Waals surface area contributed by atoms with Crippen LogP contribution < -0.4 is 0 Å². The Morgan fingerprint density at radius 3 is 2.61 bits per heavy atom. The minimum atomic E-state index is 0.329. The molecule has 104 valence electrons. The molecule has 0 unspecified atom stereocenters. The van der Waals surface area contributed by atoms with Crippen LogP contribution in [0.3, 0.4) is 0 Å². The summed E-state index contributed by atoms with van der Waals surface area (Å²) in [6, 6.07) is 1.06. The fraction of sp³-hybridized carbons (Fsp3) is 0.929. The Labute approximate surface area is 110 Å². The van der Waals surface area contributed by atoms with Gasteiger partial charge in [0.05, 0.1) is 0 Å². The van der Waals surface area contributed by atoms with E-state index in [0.29, 0.717) is 31.0 Å². The van der Waals surface area contributed by atoms with E-state index >= 15 is 0 Å². The molecule has 0 aromatic heterocycles. The molecule has 1 amide bonds. The number of carbonyl (C=O) groups excluding carboxylic acids is 1. The molecule has 0 aromatic carbocycles. The van der Waals surface area contributed by atoms with Gasteiger partial charge in [0.2, 0.25) is 5.91 Å². The van der Waals surface area contributed by atoms with Crippen LogP contribution in [0.4, 0.5) is 0 Å². The van der Waals surface area contributed by atoms with E-state index in [0.717, 1.165) is 13.0 Å². The maximum absolute atomic E-state index is 12.2. The molecular formula is C14H26N2O2. The molecule has 2 aliphatic heterocycles. The molecule has 0 saturated carbocycles. The van der Waals surface area contributed by atoms with Crippen molar-refractivity contribution >= 4 is 5.91 Å². The molecular weight excluding hydrogens is 228 g/mol. The molecule has 2 heterocycles. The Bertz CT molecular complexity index is 283. The van der Waals surface area contributed by atoms with Gasteiger partial charge in [-0.15, -0.1) is 0 Å². The van der Waals surface area contributed by atoms with Gasteiger partial charge in [0.1, 0.15) is 0 Å². The Morgan fingerprint density at radius 2 is 1.94 bits per heavy atom. The first-order chi connectivity index (χ1) is 8.74. The molecule has 2 rings (SSSR count). The lowest BCUT2D eigenvalue weighted by atomic mass is 10.0. The highest BCUT2D eigenvalue weighted by molar-refractivity contribution is 5.76. The lowest BCUT2D eigenvalue weighted by molar-refractivity contribution is -0.133. The normalized spacial score (nSPS) is 29.1. The molecule has 0 aliphatic carbocycles. The number of likely N-dealkylation sites (tertiary alicyclic amines) is 2. The molecule has 4 nitrogen and oxygen atoms in total.